The van der Waals surface area contributed by atoms with Crippen LogP contribution >= 0.6 is 23.2 Å². The van der Waals surface area contributed by atoms with E-state index in [-0.39, 0.29) is 18.3 Å². The molecule has 1 aliphatic rings. The van der Waals surface area contributed by atoms with E-state index in [4.69, 9.17) is 27.7 Å². The van der Waals surface area contributed by atoms with Crippen LogP contribution in [0.1, 0.15) is 44.0 Å². The zero-order valence-corrected chi connectivity index (χ0v) is 15.4. The van der Waals surface area contributed by atoms with Crippen molar-refractivity contribution in [3.05, 3.63) is 45.5 Å². The highest BCUT2D eigenvalue weighted by molar-refractivity contribution is 6.42. The molecule has 0 radical (unpaired) electrons. The van der Waals surface area contributed by atoms with Crippen LogP contribution < -0.4 is 5.32 Å². The summed E-state index contributed by atoms with van der Waals surface area (Å²) in [6.07, 6.45) is 0. The summed E-state index contributed by atoms with van der Waals surface area (Å²) >= 11 is 12.0. The molecule has 3 amide bonds. The lowest BCUT2D eigenvalue weighted by atomic mass is 9.92. The number of imide groups is 1. The Hall–Kier alpha value is -2.12. The van der Waals surface area contributed by atoms with Gasteiger partial charge in [-0.3, -0.25) is 9.69 Å². The summed E-state index contributed by atoms with van der Waals surface area (Å²) < 4.78 is 5.11. The summed E-state index contributed by atoms with van der Waals surface area (Å²) in [7, 11) is 0. The standard InChI is InChI=1S/C16H16Cl2N4O3/c1-8(2)13-19-12(21-25-13)7-22-14(23)16(3,20-15(22)24)9-4-5-10(17)11(18)6-9/h4-6,8H,7H2,1-3H3,(H,20,24). The minimum atomic E-state index is -1.24. The molecule has 25 heavy (non-hydrogen) atoms. The van der Waals surface area contributed by atoms with Gasteiger partial charge in [-0.2, -0.15) is 4.98 Å². The Bertz CT molecular complexity index is 852. The van der Waals surface area contributed by atoms with Crippen LogP contribution in [0.5, 0.6) is 0 Å². The number of urea groups is 1. The fourth-order valence-corrected chi connectivity index (χ4v) is 2.85. The number of hydrogen-bond acceptors (Lipinski definition) is 5. The average Bonchev–Trinajstić information content (AvgIpc) is 3.10. The lowest BCUT2D eigenvalue weighted by molar-refractivity contribution is -0.131. The minimum Gasteiger partial charge on any atom is -0.339 e. The van der Waals surface area contributed by atoms with Crippen molar-refractivity contribution in [2.45, 2.75) is 38.8 Å². The molecule has 3 rings (SSSR count). The second-order valence-electron chi connectivity index (χ2n) is 6.28. The summed E-state index contributed by atoms with van der Waals surface area (Å²) in [5.41, 5.74) is -0.700. The molecule has 1 saturated heterocycles. The largest absolute Gasteiger partial charge is 0.339 e. The summed E-state index contributed by atoms with van der Waals surface area (Å²) in [6, 6.07) is 4.27. The van der Waals surface area contributed by atoms with Crippen LogP contribution in [0.15, 0.2) is 22.7 Å². The van der Waals surface area contributed by atoms with Crippen molar-refractivity contribution in [2.24, 2.45) is 0 Å². The SMILES string of the molecule is CC(C)c1nc(CN2C(=O)NC(C)(c3ccc(Cl)c(Cl)c3)C2=O)no1. The van der Waals surface area contributed by atoms with E-state index in [1.54, 1.807) is 25.1 Å². The fourth-order valence-electron chi connectivity index (χ4n) is 2.55. The van der Waals surface area contributed by atoms with Crippen molar-refractivity contribution < 1.29 is 14.1 Å². The van der Waals surface area contributed by atoms with Crippen molar-refractivity contribution in [1.29, 1.82) is 0 Å². The van der Waals surface area contributed by atoms with E-state index in [9.17, 15) is 9.59 Å². The number of halogens is 2. The zero-order valence-electron chi connectivity index (χ0n) is 13.8. The fraction of sp³-hybridized carbons (Fsp3) is 0.375. The molecule has 7 nitrogen and oxygen atoms in total. The van der Waals surface area contributed by atoms with Gasteiger partial charge in [-0.15, -0.1) is 0 Å². The lowest BCUT2D eigenvalue weighted by Crippen LogP contribution is -2.40. The Kier molecular flexibility index (Phi) is 4.47. The van der Waals surface area contributed by atoms with Crippen LogP contribution in [0.2, 0.25) is 10.0 Å². The van der Waals surface area contributed by atoms with E-state index < -0.39 is 17.5 Å². The summed E-state index contributed by atoms with van der Waals surface area (Å²) in [4.78, 5) is 30.4. The Morgan fingerprint density at radius 1 is 1.28 bits per heavy atom. The first-order chi connectivity index (χ1) is 11.7. The monoisotopic (exact) mass is 382 g/mol. The normalized spacial score (nSPS) is 20.5. The van der Waals surface area contributed by atoms with Crippen molar-refractivity contribution >= 4 is 35.1 Å². The van der Waals surface area contributed by atoms with E-state index in [2.05, 4.69) is 15.5 Å². The molecular weight excluding hydrogens is 367 g/mol. The topological polar surface area (TPSA) is 88.3 Å². The van der Waals surface area contributed by atoms with E-state index >= 15 is 0 Å². The van der Waals surface area contributed by atoms with Gasteiger partial charge in [0.05, 0.1) is 16.6 Å². The van der Waals surface area contributed by atoms with Crippen molar-refractivity contribution in [2.75, 3.05) is 0 Å². The molecule has 1 atom stereocenters. The number of nitrogens with one attached hydrogen (secondary N) is 1. The van der Waals surface area contributed by atoms with E-state index in [0.29, 0.717) is 21.5 Å². The van der Waals surface area contributed by atoms with E-state index in [0.717, 1.165) is 4.90 Å². The van der Waals surface area contributed by atoms with E-state index in [1.807, 2.05) is 13.8 Å². The molecule has 1 unspecified atom stereocenters. The molecule has 9 heteroatoms. The first-order valence-electron chi connectivity index (χ1n) is 7.64. The second kappa shape index (κ2) is 6.31. The molecule has 0 spiro atoms. The molecule has 1 aliphatic heterocycles. The van der Waals surface area contributed by atoms with Crippen LogP contribution in [0.4, 0.5) is 4.79 Å². The average molecular weight is 383 g/mol. The van der Waals surface area contributed by atoms with Crippen LogP contribution in [0.25, 0.3) is 0 Å². The molecule has 1 aromatic carbocycles. The molecule has 132 valence electrons. The van der Waals surface area contributed by atoms with Crippen molar-refractivity contribution in [3.63, 3.8) is 0 Å². The van der Waals surface area contributed by atoms with Gasteiger partial charge < -0.3 is 9.84 Å². The number of benzene rings is 1. The van der Waals surface area contributed by atoms with Gasteiger partial charge in [0.25, 0.3) is 5.91 Å². The van der Waals surface area contributed by atoms with Crippen molar-refractivity contribution in [1.82, 2.24) is 20.4 Å². The maximum atomic E-state index is 12.9. The highest BCUT2D eigenvalue weighted by Crippen LogP contribution is 2.33. The molecule has 1 aromatic heterocycles. The third-order valence-corrected chi connectivity index (χ3v) is 4.79. The van der Waals surface area contributed by atoms with Gasteiger partial charge in [0.1, 0.15) is 5.54 Å². The molecule has 2 aromatic rings. The van der Waals surface area contributed by atoms with Gasteiger partial charge >= 0.3 is 6.03 Å². The molecule has 1 N–H and O–H groups in total. The highest BCUT2D eigenvalue weighted by Gasteiger charge is 2.49. The lowest BCUT2D eigenvalue weighted by Gasteiger charge is -2.22. The molecule has 0 saturated carbocycles. The number of hydrogen-bond donors (Lipinski definition) is 1. The maximum absolute atomic E-state index is 12.9. The number of carbonyl (C=O) groups is 2. The highest BCUT2D eigenvalue weighted by atomic mass is 35.5. The summed E-state index contributed by atoms with van der Waals surface area (Å²) in [5.74, 6) is 0.359. The van der Waals surface area contributed by atoms with E-state index in [1.165, 1.54) is 0 Å². The summed E-state index contributed by atoms with van der Waals surface area (Å²) in [6.45, 7) is 5.36. The predicted molar refractivity (Wildman–Crippen MR) is 91.3 cm³/mol. The van der Waals surface area contributed by atoms with Gasteiger partial charge in [-0.05, 0) is 24.6 Å². The van der Waals surface area contributed by atoms with Crippen LogP contribution in [-0.2, 0) is 16.9 Å². The zero-order chi connectivity index (χ0) is 18.4. The Balaban J connectivity index is 1.87. The molecule has 1 fully saturated rings. The maximum Gasteiger partial charge on any atom is 0.325 e. The van der Waals surface area contributed by atoms with Crippen LogP contribution in [0.3, 0.4) is 0 Å². The first-order valence-corrected chi connectivity index (χ1v) is 8.40. The minimum absolute atomic E-state index is 0.0610. The molecule has 0 bridgehead atoms. The smallest absolute Gasteiger partial charge is 0.325 e. The quantitative estimate of drug-likeness (QED) is 0.817. The molecule has 2 heterocycles. The van der Waals surface area contributed by atoms with Gasteiger partial charge in [-0.25, -0.2) is 4.79 Å². The molecule has 0 aliphatic carbocycles. The second-order valence-corrected chi connectivity index (χ2v) is 7.09. The number of amides is 3. The van der Waals surface area contributed by atoms with Gasteiger partial charge in [0, 0.05) is 5.92 Å². The van der Waals surface area contributed by atoms with Crippen LogP contribution in [0, 0.1) is 0 Å². The van der Waals surface area contributed by atoms with Gasteiger partial charge in [0.2, 0.25) is 5.89 Å². The Morgan fingerprint density at radius 3 is 2.60 bits per heavy atom. The Morgan fingerprint density at radius 2 is 2.00 bits per heavy atom. The first kappa shape index (κ1) is 17.7. The van der Waals surface area contributed by atoms with Crippen molar-refractivity contribution in [3.8, 4) is 0 Å². The third-order valence-electron chi connectivity index (χ3n) is 4.05. The number of nitrogens with zero attached hydrogens (tertiary/aromatic N) is 3. The number of aromatic nitrogens is 2. The number of carbonyl (C=O) groups excluding carboxylic acids is 2. The predicted octanol–water partition coefficient (Wildman–Crippen LogP) is 3.47. The van der Waals surface area contributed by atoms with Gasteiger partial charge in [0.15, 0.2) is 5.82 Å². The van der Waals surface area contributed by atoms with Crippen LogP contribution in [-0.4, -0.2) is 27.0 Å². The number of rotatable bonds is 4. The van der Waals surface area contributed by atoms with Gasteiger partial charge in [-0.1, -0.05) is 48.3 Å². The Labute approximate surface area is 154 Å². The molecular formula is C16H16Cl2N4O3. The third kappa shape index (κ3) is 3.09. The summed E-state index contributed by atoms with van der Waals surface area (Å²) in [5, 5.41) is 7.19.